The Morgan fingerprint density at radius 2 is 1.81 bits per heavy atom. The number of halogens is 1. The highest BCUT2D eigenvalue weighted by atomic mass is 35.7. The fraction of sp³-hybridized carbons (Fsp3) is 0.600. The second-order valence-electron chi connectivity index (χ2n) is 6.10. The largest absolute Gasteiger partial charge is 0.491 e. The Hall–Kier alpha value is -0.780. The van der Waals surface area contributed by atoms with Gasteiger partial charge in [-0.15, -0.1) is 0 Å². The molecule has 0 spiro atoms. The van der Waals surface area contributed by atoms with Gasteiger partial charge in [0, 0.05) is 10.7 Å². The molecule has 21 heavy (non-hydrogen) atoms. The highest BCUT2D eigenvalue weighted by Gasteiger charge is 2.16. The molecule has 1 aromatic carbocycles. The van der Waals surface area contributed by atoms with Gasteiger partial charge in [-0.3, -0.25) is 0 Å². The molecule has 0 amide bonds. The molecule has 0 aliphatic rings. The van der Waals surface area contributed by atoms with Gasteiger partial charge in [0.05, 0.1) is 17.1 Å². The molecule has 0 aromatic heterocycles. The van der Waals surface area contributed by atoms with Gasteiger partial charge in [-0.25, -0.2) is 8.42 Å². The van der Waals surface area contributed by atoms with Crippen LogP contribution in [0.2, 0.25) is 0 Å². The molecular formula is C15H23ClO4S. The lowest BCUT2D eigenvalue weighted by atomic mass is 10.0. The zero-order chi connectivity index (χ0) is 16.3. The van der Waals surface area contributed by atoms with Crippen LogP contribution in [0.3, 0.4) is 0 Å². The van der Waals surface area contributed by atoms with Crippen molar-refractivity contribution < 1.29 is 17.9 Å². The molecule has 0 aliphatic carbocycles. The summed E-state index contributed by atoms with van der Waals surface area (Å²) in [6.07, 6.45) is 0. The van der Waals surface area contributed by atoms with E-state index in [-0.39, 0.29) is 16.4 Å². The van der Waals surface area contributed by atoms with Gasteiger partial charge in [0.25, 0.3) is 9.05 Å². The van der Waals surface area contributed by atoms with Crippen LogP contribution in [0.5, 0.6) is 5.75 Å². The molecule has 6 heteroatoms. The van der Waals surface area contributed by atoms with E-state index >= 15 is 0 Å². The van der Waals surface area contributed by atoms with E-state index < -0.39 is 9.05 Å². The number of rotatable bonds is 6. The molecule has 0 atom stereocenters. The third-order valence-electron chi connectivity index (χ3n) is 2.76. The van der Waals surface area contributed by atoms with Crippen molar-refractivity contribution in [2.45, 2.75) is 51.0 Å². The average molecular weight is 335 g/mol. The minimum absolute atomic E-state index is 0.0890. The zero-order valence-corrected chi connectivity index (χ0v) is 14.7. The maximum Gasteiger partial charge on any atom is 0.261 e. The standard InChI is InChI=1S/C15H23ClO4S/c1-11(2)13-10-12(21(16,17)18)6-7-14(13)19-8-9-20-15(3,4)5/h6-7,10-11H,8-9H2,1-5H3. The SMILES string of the molecule is CC(C)c1cc(S(=O)(=O)Cl)ccc1OCCOC(C)(C)C. The summed E-state index contributed by atoms with van der Waals surface area (Å²) >= 11 is 0. The summed E-state index contributed by atoms with van der Waals surface area (Å²) in [7, 11) is 1.65. The zero-order valence-electron chi connectivity index (χ0n) is 13.1. The van der Waals surface area contributed by atoms with E-state index in [2.05, 4.69) is 0 Å². The summed E-state index contributed by atoms with van der Waals surface area (Å²) < 4.78 is 34.1. The first-order valence-corrected chi connectivity index (χ1v) is 9.17. The third-order valence-corrected chi connectivity index (χ3v) is 4.11. The molecule has 0 fully saturated rings. The van der Waals surface area contributed by atoms with Crippen LogP contribution in [-0.2, 0) is 13.8 Å². The molecule has 0 saturated carbocycles. The molecule has 1 aromatic rings. The molecule has 4 nitrogen and oxygen atoms in total. The summed E-state index contributed by atoms with van der Waals surface area (Å²) in [6.45, 7) is 10.8. The van der Waals surface area contributed by atoms with Gasteiger partial charge in [-0.2, -0.15) is 0 Å². The van der Waals surface area contributed by atoms with Crippen LogP contribution < -0.4 is 4.74 Å². The van der Waals surface area contributed by atoms with Gasteiger partial charge >= 0.3 is 0 Å². The third kappa shape index (κ3) is 6.24. The van der Waals surface area contributed by atoms with Crippen molar-refractivity contribution in [1.82, 2.24) is 0 Å². The minimum Gasteiger partial charge on any atom is -0.491 e. The number of hydrogen-bond acceptors (Lipinski definition) is 4. The maximum absolute atomic E-state index is 11.4. The van der Waals surface area contributed by atoms with Crippen LogP contribution >= 0.6 is 10.7 Å². The highest BCUT2D eigenvalue weighted by molar-refractivity contribution is 8.13. The number of benzene rings is 1. The van der Waals surface area contributed by atoms with Crippen LogP contribution in [0, 0.1) is 0 Å². The van der Waals surface area contributed by atoms with Gasteiger partial charge in [0.15, 0.2) is 0 Å². The van der Waals surface area contributed by atoms with Crippen molar-refractivity contribution in [3.63, 3.8) is 0 Å². The number of hydrogen-bond donors (Lipinski definition) is 0. The van der Waals surface area contributed by atoms with E-state index in [1.807, 2.05) is 34.6 Å². The summed E-state index contributed by atoms with van der Waals surface area (Å²) in [5.74, 6) is 0.786. The first kappa shape index (κ1) is 18.3. The average Bonchev–Trinajstić information content (AvgIpc) is 2.32. The van der Waals surface area contributed by atoms with Gasteiger partial charge in [-0.05, 0) is 50.5 Å². The van der Waals surface area contributed by atoms with Crippen LogP contribution in [0.4, 0.5) is 0 Å². The van der Waals surface area contributed by atoms with E-state index in [0.29, 0.717) is 19.0 Å². The molecule has 0 heterocycles. The van der Waals surface area contributed by atoms with Crippen molar-refractivity contribution in [3.05, 3.63) is 23.8 Å². The molecule has 0 saturated heterocycles. The first-order valence-electron chi connectivity index (χ1n) is 6.86. The summed E-state index contributed by atoms with van der Waals surface area (Å²) in [5, 5.41) is 0. The van der Waals surface area contributed by atoms with E-state index in [0.717, 1.165) is 5.56 Å². The Balaban J connectivity index is 2.83. The van der Waals surface area contributed by atoms with Crippen molar-refractivity contribution in [3.8, 4) is 5.75 Å². The molecule has 1 rings (SSSR count). The second-order valence-corrected chi connectivity index (χ2v) is 8.67. The van der Waals surface area contributed by atoms with Crippen LogP contribution in [-0.4, -0.2) is 27.2 Å². The van der Waals surface area contributed by atoms with E-state index in [4.69, 9.17) is 20.2 Å². The lowest BCUT2D eigenvalue weighted by Gasteiger charge is -2.20. The van der Waals surface area contributed by atoms with E-state index in [1.165, 1.54) is 6.07 Å². The van der Waals surface area contributed by atoms with Crippen LogP contribution in [0.25, 0.3) is 0 Å². The van der Waals surface area contributed by atoms with Gasteiger partial charge in [0.1, 0.15) is 12.4 Å². The van der Waals surface area contributed by atoms with Gasteiger partial charge in [0.2, 0.25) is 0 Å². The van der Waals surface area contributed by atoms with Crippen molar-refractivity contribution in [2.75, 3.05) is 13.2 Å². The quantitative estimate of drug-likeness (QED) is 0.584. The van der Waals surface area contributed by atoms with Crippen LogP contribution in [0.1, 0.15) is 46.1 Å². The molecule has 0 radical (unpaired) electrons. The van der Waals surface area contributed by atoms with E-state index in [9.17, 15) is 8.42 Å². The normalized spacial score (nSPS) is 12.7. The van der Waals surface area contributed by atoms with Crippen molar-refractivity contribution >= 4 is 19.7 Å². The Labute approximate surface area is 131 Å². The topological polar surface area (TPSA) is 52.6 Å². The van der Waals surface area contributed by atoms with Crippen LogP contribution in [0.15, 0.2) is 23.1 Å². The van der Waals surface area contributed by atoms with Crippen molar-refractivity contribution in [2.24, 2.45) is 0 Å². The predicted molar refractivity (Wildman–Crippen MR) is 84.8 cm³/mol. The lowest BCUT2D eigenvalue weighted by Crippen LogP contribution is -2.22. The summed E-state index contributed by atoms with van der Waals surface area (Å²) in [6, 6.07) is 4.66. The maximum atomic E-state index is 11.4. The molecule has 0 N–H and O–H groups in total. The minimum atomic E-state index is -3.73. The fourth-order valence-corrected chi connectivity index (χ4v) is 2.55. The Kier molecular flexibility index (Phi) is 6.08. The second kappa shape index (κ2) is 6.99. The summed E-state index contributed by atoms with van der Waals surface area (Å²) in [4.78, 5) is 0.0890. The van der Waals surface area contributed by atoms with Gasteiger partial charge < -0.3 is 9.47 Å². The number of ether oxygens (including phenoxy) is 2. The molecular weight excluding hydrogens is 312 g/mol. The smallest absolute Gasteiger partial charge is 0.261 e. The Morgan fingerprint density at radius 3 is 2.29 bits per heavy atom. The lowest BCUT2D eigenvalue weighted by molar-refractivity contribution is -0.0164. The van der Waals surface area contributed by atoms with E-state index in [1.54, 1.807) is 12.1 Å². The monoisotopic (exact) mass is 334 g/mol. The first-order chi connectivity index (χ1) is 9.50. The fourth-order valence-electron chi connectivity index (χ4n) is 1.76. The molecule has 0 aliphatic heterocycles. The molecule has 120 valence electrons. The van der Waals surface area contributed by atoms with Gasteiger partial charge in [-0.1, -0.05) is 13.8 Å². The predicted octanol–water partition coefficient (Wildman–Crippen LogP) is 3.93. The Morgan fingerprint density at radius 1 is 1.19 bits per heavy atom. The molecule has 0 unspecified atom stereocenters. The molecule has 0 bridgehead atoms. The summed E-state index contributed by atoms with van der Waals surface area (Å²) in [5.41, 5.74) is 0.605. The van der Waals surface area contributed by atoms with Crippen molar-refractivity contribution in [1.29, 1.82) is 0 Å². The highest BCUT2D eigenvalue weighted by Crippen LogP contribution is 2.30. The Bertz CT molecular complexity index is 574.